The van der Waals surface area contributed by atoms with Gasteiger partial charge in [0, 0.05) is 23.1 Å². The number of nitrogens with one attached hydrogen (secondary N) is 1. The Morgan fingerprint density at radius 3 is 2.76 bits per heavy atom. The van der Waals surface area contributed by atoms with E-state index in [9.17, 15) is 4.79 Å². The molecule has 0 amide bonds. The molecule has 17 heavy (non-hydrogen) atoms. The lowest BCUT2D eigenvalue weighted by Gasteiger charge is -2.07. The Labute approximate surface area is 110 Å². The third-order valence-corrected chi connectivity index (χ3v) is 3.42. The van der Waals surface area contributed by atoms with Gasteiger partial charge in [-0.3, -0.25) is 4.79 Å². The first-order valence-electron chi connectivity index (χ1n) is 5.81. The van der Waals surface area contributed by atoms with Gasteiger partial charge in [-0.05, 0) is 37.5 Å². The number of benzene rings is 1. The van der Waals surface area contributed by atoms with Gasteiger partial charge in [0.05, 0.1) is 0 Å². The Morgan fingerprint density at radius 1 is 1.35 bits per heavy atom. The highest BCUT2D eigenvalue weighted by Crippen LogP contribution is 2.20. The second-order valence-corrected chi connectivity index (χ2v) is 4.95. The lowest BCUT2D eigenvalue weighted by Crippen LogP contribution is -2.02. The van der Waals surface area contributed by atoms with E-state index in [1.54, 1.807) is 0 Å². The molecule has 0 heterocycles. The van der Waals surface area contributed by atoms with Crippen molar-refractivity contribution in [2.75, 3.05) is 11.9 Å². The fraction of sp³-hybridized carbons (Fsp3) is 0.462. The van der Waals surface area contributed by atoms with Crippen molar-refractivity contribution in [3.8, 4) is 0 Å². The standard InChI is InChI=1S/C13H18BrNO2/c1-10-6-7-11(9-12(10)14)15-8-4-2-3-5-13(16)17/h6-7,9,15H,2-5,8H2,1H3,(H,16,17). The lowest BCUT2D eigenvalue weighted by atomic mass is 10.2. The van der Waals surface area contributed by atoms with Gasteiger partial charge in [0.25, 0.3) is 0 Å². The van der Waals surface area contributed by atoms with Crippen molar-refractivity contribution in [2.45, 2.75) is 32.6 Å². The van der Waals surface area contributed by atoms with E-state index in [0.29, 0.717) is 0 Å². The summed E-state index contributed by atoms with van der Waals surface area (Å²) in [5, 5.41) is 11.8. The highest BCUT2D eigenvalue weighted by Gasteiger charge is 1.98. The van der Waals surface area contributed by atoms with Crippen LogP contribution in [-0.2, 0) is 4.79 Å². The van der Waals surface area contributed by atoms with E-state index in [1.807, 2.05) is 0 Å². The highest BCUT2D eigenvalue weighted by atomic mass is 79.9. The molecule has 0 saturated carbocycles. The molecule has 0 aliphatic heterocycles. The number of unbranched alkanes of at least 4 members (excludes halogenated alkanes) is 2. The predicted molar refractivity (Wildman–Crippen MR) is 73.5 cm³/mol. The van der Waals surface area contributed by atoms with Crippen LogP contribution in [0.5, 0.6) is 0 Å². The smallest absolute Gasteiger partial charge is 0.303 e. The quantitative estimate of drug-likeness (QED) is 0.753. The van der Waals surface area contributed by atoms with Crippen molar-refractivity contribution >= 4 is 27.6 Å². The molecule has 1 rings (SSSR count). The van der Waals surface area contributed by atoms with Gasteiger partial charge in [0.1, 0.15) is 0 Å². The Bertz CT molecular complexity index is 380. The molecule has 1 aromatic rings. The van der Waals surface area contributed by atoms with E-state index in [1.165, 1.54) is 5.56 Å². The molecule has 0 fully saturated rings. The average molecular weight is 300 g/mol. The maximum absolute atomic E-state index is 10.3. The maximum atomic E-state index is 10.3. The van der Waals surface area contributed by atoms with Gasteiger partial charge in [0.15, 0.2) is 0 Å². The summed E-state index contributed by atoms with van der Waals surface area (Å²) in [6.07, 6.45) is 2.98. The Kier molecular flexibility index (Phi) is 6.05. The summed E-state index contributed by atoms with van der Waals surface area (Å²) in [5.41, 5.74) is 2.32. The molecular formula is C13H18BrNO2. The molecule has 3 nitrogen and oxygen atoms in total. The van der Waals surface area contributed by atoms with Crippen LogP contribution in [0.3, 0.4) is 0 Å². The zero-order valence-electron chi connectivity index (χ0n) is 10.0. The zero-order valence-corrected chi connectivity index (χ0v) is 11.6. The number of carboxylic acids is 1. The van der Waals surface area contributed by atoms with Crippen LogP contribution in [0.4, 0.5) is 5.69 Å². The van der Waals surface area contributed by atoms with Crippen LogP contribution in [0.1, 0.15) is 31.2 Å². The average Bonchev–Trinajstić information content (AvgIpc) is 2.27. The fourth-order valence-corrected chi connectivity index (χ4v) is 1.89. The summed E-state index contributed by atoms with van der Waals surface area (Å²) in [6.45, 7) is 2.94. The van der Waals surface area contributed by atoms with Gasteiger partial charge in [0.2, 0.25) is 0 Å². The van der Waals surface area contributed by atoms with Crippen molar-refractivity contribution < 1.29 is 9.90 Å². The minimum Gasteiger partial charge on any atom is -0.481 e. The highest BCUT2D eigenvalue weighted by molar-refractivity contribution is 9.10. The van der Waals surface area contributed by atoms with Crippen LogP contribution in [-0.4, -0.2) is 17.6 Å². The summed E-state index contributed by atoms with van der Waals surface area (Å²) in [6, 6.07) is 6.18. The summed E-state index contributed by atoms with van der Waals surface area (Å²) in [5.74, 6) is -0.708. The predicted octanol–water partition coefficient (Wildman–Crippen LogP) is 3.81. The van der Waals surface area contributed by atoms with Gasteiger partial charge in [-0.1, -0.05) is 28.4 Å². The molecule has 0 bridgehead atoms. The van der Waals surface area contributed by atoms with E-state index >= 15 is 0 Å². The topological polar surface area (TPSA) is 49.3 Å². The lowest BCUT2D eigenvalue weighted by molar-refractivity contribution is -0.137. The minimum absolute atomic E-state index is 0.274. The van der Waals surface area contributed by atoms with Crippen LogP contribution in [0, 0.1) is 6.92 Å². The molecular weight excluding hydrogens is 282 g/mol. The van der Waals surface area contributed by atoms with Crippen molar-refractivity contribution in [1.82, 2.24) is 0 Å². The molecule has 0 aliphatic carbocycles. The van der Waals surface area contributed by atoms with Gasteiger partial charge < -0.3 is 10.4 Å². The number of anilines is 1. The molecule has 0 radical (unpaired) electrons. The van der Waals surface area contributed by atoms with Crippen LogP contribution in [0.25, 0.3) is 0 Å². The van der Waals surface area contributed by atoms with Crippen LogP contribution < -0.4 is 5.32 Å². The second-order valence-electron chi connectivity index (χ2n) is 4.10. The number of carbonyl (C=O) groups is 1. The number of aliphatic carboxylic acids is 1. The molecule has 2 N–H and O–H groups in total. The number of halogens is 1. The number of aryl methyl sites for hydroxylation is 1. The van der Waals surface area contributed by atoms with Crippen LogP contribution >= 0.6 is 15.9 Å². The fourth-order valence-electron chi connectivity index (χ4n) is 1.51. The SMILES string of the molecule is Cc1ccc(NCCCCCC(=O)O)cc1Br. The molecule has 0 aromatic heterocycles. The monoisotopic (exact) mass is 299 g/mol. The molecule has 1 aromatic carbocycles. The largest absolute Gasteiger partial charge is 0.481 e. The Balaban J connectivity index is 2.18. The summed E-state index contributed by atoms with van der Waals surface area (Å²) in [4.78, 5) is 10.3. The van der Waals surface area contributed by atoms with Crippen molar-refractivity contribution in [3.63, 3.8) is 0 Å². The summed E-state index contributed by atoms with van der Waals surface area (Å²) >= 11 is 3.49. The number of hydrogen-bond acceptors (Lipinski definition) is 2. The maximum Gasteiger partial charge on any atom is 0.303 e. The Hall–Kier alpha value is -1.03. The first-order valence-corrected chi connectivity index (χ1v) is 6.60. The van der Waals surface area contributed by atoms with E-state index in [0.717, 1.165) is 36.0 Å². The molecule has 0 aliphatic rings. The normalized spacial score (nSPS) is 10.2. The number of hydrogen-bond donors (Lipinski definition) is 2. The van der Waals surface area contributed by atoms with Crippen molar-refractivity contribution in [3.05, 3.63) is 28.2 Å². The van der Waals surface area contributed by atoms with E-state index in [4.69, 9.17) is 5.11 Å². The first-order chi connectivity index (χ1) is 8.09. The van der Waals surface area contributed by atoms with Crippen molar-refractivity contribution in [2.24, 2.45) is 0 Å². The number of carboxylic acid groups (broad SMARTS) is 1. The zero-order chi connectivity index (χ0) is 12.7. The third-order valence-electron chi connectivity index (χ3n) is 2.57. The van der Waals surface area contributed by atoms with E-state index in [-0.39, 0.29) is 6.42 Å². The van der Waals surface area contributed by atoms with E-state index in [2.05, 4.69) is 46.4 Å². The van der Waals surface area contributed by atoms with Gasteiger partial charge in [-0.2, -0.15) is 0 Å². The molecule has 94 valence electrons. The molecule has 0 atom stereocenters. The third kappa shape index (κ3) is 5.73. The molecule has 0 saturated heterocycles. The minimum atomic E-state index is -0.708. The van der Waals surface area contributed by atoms with E-state index < -0.39 is 5.97 Å². The van der Waals surface area contributed by atoms with Crippen LogP contribution in [0.2, 0.25) is 0 Å². The molecule has 0 unspecified atom stereocenters. The van der Waals surface area contributed by atoms with Gasteiger partial charge in [-0.25, -0.2) is 0 Å². The molecule has 0 spiro atoms. The van der Waals surface area contributed by atoms with Crippen molar-refractivity contribution in [1.29, 1.82) is 0 Å². The van der Waals surface area contributed by atoms with Gasteiger partial charge in [-0.15, -0.1) is 0 Å². The summed E-state index contributed by atoms with van der Waals surface area (Å²) < 4.78 is 1.10. The molecule has 4 heteroatoms. The Morgan fingerprint density at radius 2 is 2.12 bits per heavy atom. The second kappa shape index (κ2) is 7.33. The van der Waals surface area contributed by atoms with Gasteiger partial charge >= 0.3 is 5.97 Å². The first kappa shape index (κ1) is 14.0. The number of rotatable bonds is 7. The summed E-state index contributed by atoms with van der Waals surface area (Å²) in [7, 11) is 0. The van der Waals surface area contributed by atoms with Crippen LogP contribution in [0.15, 0.2) is 22.7 Å².